The first-order valence-corrected chi connectivity index (χ1v) is 8.36. The summed E-state index contributed by atoms with van der Waals surface area (Å²) < 4.78 is 0. The van der Waals surface area contributed by atoms with Gasteiger partial charge < -0.3 is 16.0 Å². The van der Waals surface area contributed by atoms with Gasteiger partial charge in [-0.2, -0.15) is 0 Å². The van der Waals surface area contributed by atoms with Gasteiger partial charge in [0.2, 0.25) is 5.91 Å². The lowest BCUT2D eigenvalue weighted by molar-refractivity contribution is -0.133. The number of carbonyl (C=O) groups excluding carboxylic acids is 2. The predicted octanol–water partition coefficient (Wildman–Crippen LogP) is 2.54. The molecule has 126 valence electrons. The molecule has 0 aromatic heterocycles. The summed E-state index contributed by atoms with van der Waals surface area (Å²) in [6.45, 7) is 6.88. The molecule has 3 N–H and O–H groups in total. The summed E-state index contributed by atoms with van der Waals surface area (Å²) >= 11 is 0. The molecule has 0 spiro atoms. The summed E-state index contributed by atoms with van der Waals surface area (Å²) in [7, 11) is 0. The van der Waals surface area contributed by atoms with E-state index < -0.39 is 12.1 Å². The average molecular weight is 317 g/mol. The normalized spacial score (nSPS) is 22.0. The zero-order chi connectivity index (χ0) is 17.0. The monoisotopic (exact) mass is 317 g/mol. The van der Waals surface area contributed by atoms with Gasteiger partial charge in [-0.25, -0.2) is 4.79 Å². The maximum atomic E-state index is 12.8. The second-order valence-electron chi connectivity index (χ2n) is 6.48. The van der Waals surface area contributed by atoms with Gasteiger partial charge in [-0.1, -0.05) is 37.6 Å². The number of nitrogens with one attached hydrogen (secondary N) is 1. The van der Waals surface area contributed by atoms with Crippen molar-refractivity contribution in [1.29, 1.82) is 0 Å². The van der Waals surface area contributed by atoms with Crippen LogP contribution in [0.1, 0.15) is 50.2 Å². The maximum Gasteiger partial charge on any atom is 0.312 e. The van der Waals surface area contributed by atoms with Crippen LogP contribution in [-0.4, -0.2) is 35.5 Å². The molecule has 0 aliphatic carbocycles. The van der Waals surface area contributed by atoms with Crippen molar-refractivity contribution in [2.75, 3.05) is 6.54 Å². The van der Waals surface area contributed by atoms with Crippen molar-refractivity contribution >= 4 is 11.9 Å². The number of amides is 3. The summed E-state index contributed by atoms with van der Waals surface area (Å²) in [5, 5.41) is 2.59. The van der Waals surface area contributed by atoms with E-state index >= 15 is 0 Å². The third-order valence-electron chi connectivity index (χ3n) is 4.68. The van der Waals surface area contributed by atoms with E-state index in [1.54, 1.807) is 0 Å². The van der Waals surface area contributed by atoms with Gasteiger partial charge in [-0.3, -0.25) is 4.79 Å². The smallest absolute Gasteiger partial charge is 0.312 e. The summed E-state index contributed by atoms with van der Waals surface area (Å²) in [4.78, 5) is 25.9. The summed E-state index contributed by atoms with van der Waals surface area (Å²) in [5.74, 6) is 0.334. The Morgan fingerprint density at radius 1 is 1.39 bits per heavy atom. The number of carbonyl (C=O) groups is 2. The van der Waals surface area contributed by atoms with Crippen LogP contribution < -0.4 is 11.1 Å². The van der Waals surface area contributed by atoms with E-state index in [9.17, 15) is 9.59 Å². The maximum absolute atomic E-state index is 12.8. The third kappa shape index (κ3) is 4.03. The zero-order valence-electron chi connectivity index (χ0n) is 14.2. The molecular formula is C18H27N3O2. The summed E-state index contributed by atoms with van der Waals surface area (Å²) in [6, 6.07) is 7.35. The minimum Gasteiger partial charge on any atom is -0.352 e. The molecule has 5 nitrogen and oxygen atoms in total. The van der Waals surface area contributed by atoms with Crippen molar-refractivity contribution in [3.05, 3.63) is 35.4 Å². The fraction of sp³-hybridized carbons (Fsp3) is 0.556. The summed E-state index contributed by atoms with van der Waals surface area (Å²) in [6.07, 6.45) is 2.38. The van der Waals surface area contributed by atoms with Gasteiger partial charge in [0.05, 0.1) is 0 Å². The highest BCUT2D eigenvalue weighted by molar-refractivity contribution is 5.87. The lowest BCUT2D eigenvalue weighted by Crippen LogP contribution is -2.51. The fourth-order valence-electron chi connectivity index (χ4n) is 3.53. The molecule has 1 fully saturated rings. The van der Waals surface area contributed by atoms with Crippen molar-refractivity contribution in [2.45, 2.75) is 58.0 Å². The van der Waals surface area contributed by atoms with Crippen molar-refractivity contribution in [3.8, 4) is 0 Å². The topological polar surface area (TPSA) is 75.4 Å². The molecule has 3 amide bonds. The molecule has 5 heteroatoms. The highest BCUT2D eigenvalue weighted by atomic mass is 16.2. The fourth-order valence-corrected chi connectivity index (χ4v) is 3.53. The van der Waals surface area contributed by atoms with Crippen LogP contribution in [0.15, 0.2) is 24.3 Å². The molecule has 0 radical (unpaired) electrons. The van der Waals surface area contributed by atoms with E-state index in [2.05, 4.69) is 31.3 Å². The minimum atomic E-state index is -0.640. The number of rotatable bonds is 5. The van der Waals surface area contributed by atoms with Gasteiger partial charge in [-0.05, 0) is 37.8 Å². The predicted molar refractivity (Wildman–Crippen MR) is 91.1 cm³/mol. The molecule has 23 heavy (non-hydrogen) atoms. The first-order chi connectivity index (χ1) is 10.9. The number of primary amides is 1. The summed E-state index contributed by atoms with van der Waals surface area (Å²) in [5.41, 5.74) is 7.79. The first kappa shape index (κ1) is 17.3. The Hall–Kier alpha value is -2.04. The molecule has 1 heterocycles. The Bertz CT molecular complexity index is 573. The molecule has 1 aliphatic heterocycles. The van der Waals surface area contributed by atoms with E-state index in [4.69, 9.17) is 5.73 Å². The highest BCUT2D eigenvalue weighted by Crippen LogP contribution is 2.33. The highest BCUT2D eigenvalue weighted by Gasteiger charge is 2.36. The minimum absolute atomic E-state index is 0.0192. The molecular weight excluding hydrogens is 290 g/mol. The van der Waals surface area contributed by atoms with Crippen molar-refractivity contribution in [3.63, 3.8) is 0 Å². The molecule has 1 aromatic rings. The first-order valence-electron chi connectivity index (χ1n) is 8.36. The Kier molecular flexibility index (Phi) is 5.64. The van der Waals surface area contributed by atoms with Crippen LogP contribution in [0.4, 0.5) is 4.79 Å². The molecule has 1 saturated heterocycles. The Balaban J connectivity index is 2.12. The Labute approximate surface area is 138 Å². The molecule has 0 unspecified atom stereocenters. The second kappa shape index (κ2) is 7.49. The SMILES string of the molecule is CCC[C@@H](NC(N)=O)C(=O)N1C[C@@H](c2ccccc2C)C[C@H]1C. The van der Waals surface area contributed by atoms with Crippen molar-refractivity contribution < 1.29 is 9.59 Å². The largest absolute Gasteiger partial charge is 0.352 e. The molecule has 1 aliphatic rings. The van der Waals surface area contributed by atoms with Crippen LogP contribution >= 0.6 is 0 Å². The van der Waals surface area contributed by atoms with Crippen LogP contribution in [0.3, 0.4) is 0 Å². The number of likely N-dealkylation sites (tertiary alicyclic amines) is 1. The second-order valence-corrected chi connectivity index (χ2v) is 6.48. The number of aryl methyl sites for hydroxylation is 1. The Morgan fingerprint density at radius 2 is 2.09 bits per heavy atom. The third-order valence-corrected chi connectivity index (χ3v) is 4.68. The van der Waals surface area contributed by atoms with Gasteiger partial charge in [0, 0.05) is 18.5 Å². The van der Waals surface area contributed by atoms with Gasteiger partial charge in [-0.15, -0.1) is 0 Å². The van der Waals surface area contributed by atoms with E-state index in [-0.39, 0.29) is 11.9 Å². The van der Waals surface area contributed by atoms with E-state index in [0.29, 0.717) is 18.9 Å². The molecule has 0 bridgehead atoms. The van der Waals surface area contributed by atoms with Crippen LogP contribution in [0.2, 0.25) is 0 Å². The van der Waals surface area contributed by atoms with Gasteiger partial charge in [0.1, 0.15) is 6.04 Å². The lowest BCUT2D eigenvalue weighted by Gasteiger charge is -2.27. The van der Waals surface area contributed by atoms with Crippen molar-refractivity contribution in [1.82, 2.24) is 10.2 Å². The number of hydrogen-bond acceptors (Lipinski definition) is 2. The van der Waals surface area contributed by atoms with E-state index in [1.165, 1.54) is 11.1 Å². The number of urea groups is 1. The quantitative estimate of drug-likeness (QED) is 0.875. The molecule has 2 rings (SSSR count). The lowest BCUT2D eigenvalue weighted by atomic mass is 9.93. The van der Waals surface area contributed by atoms with Crippen LogP contribution in [-0.2, 0) is 4.79 Å². The molecule has 1 aromatic carbocycles. The number of nitrogens with two attached hydrogens (primary N) is 1. The number of hydrogen-bond donors (Lipinski definition) is 2. The average Bonchev–Trinajstić information content (AvgIpc) is 2.88. The van der Waals surface area contributed by atoms with E-state index in [1.807, 2.05) is 24.0 Å². The molecule has 3 atom stereocenters. The zero-order valence-corrected chi connectivity index (χ0v) is 14.2. The van der Waals surface area contributed by atoms with Crippen LogP contribution in [0.25, 0.3) is 0 Å². The van der Waals surface area contributed by atoms with Gasteiger partial charge >= 0.3 is 6.03 Å². The van der Waals surface area contributed by atoms with Crippen molar-refractivity contribution in [2.24, 2.45) is 5.73 Å². The standard InChI is InChI=1S/C18H27N3O2/c1-4-7-16(20-18(19)23)17(22)21-11-14(10-13(21)3)15-9-6-5-8-12(15)2/h5-6,8-9,13-14,16H,4,7,10-11H2,1-3H3,(H3,19,20,23)/t13-,14+,16-/m1/s1. The number of benzene rings is 1. The Morgan fingerprint density at radius 3 is 2.70 bits per heavy atom. The number of nitrogens with zero attached hydrogens (tertiary/aromatic N) is 1. The van der Waals surface area contributed by atoms with Gasteiger partial charge in [0.15, 0.2) is 0 Å². The van der Waals surface area contributed by atoms with E-state index in [0.717, 1.165) is 12.8 Å². The van der Waals surface area contributed by atoms with Crippen LogP contribution in [0, 0.1) is 6.92 Å². The molecule has 0 saturated carbocycles. The van der Waals surface area contributed by atoms with Gasteiger partial charge in [0.25, 0.3) is 0 Å². The van der Waals surface area contributed by atoms with Crippen LogP contribution in [0.5, 0.6) is 0 Å².